The number of ether oxygens (including phenoxy) is 1. The number of benzene rings is 3. The first kappa shape index (κ1) is 26.7. The Balaban J connectivity index is 1.51. The second-order valence-corrected chi connectivity index (χ2v) is 9.55. The molecule has 1 heterocycles. The molecule has 1 unspecified atom stereocenters. The highest BCUT2D eigenvalue weighted by atomic mass is 32.1. The number of thiol groups is 1. The number of carbonyl (C=O) groups excluding carboxylic acids is 2. The molecule has 0 aromatic heterocycles. The first-order valence-electron chi connectivity index (χ1n) is 12.6. The zero-order chi connectivity index (χ0) is 26.0. The maximum Gasteiger partial charge on any atom is 0.255 e. The number of hydrogen-bond acceptors (Lipinski definition) is 6. The summed E-state index contributed by atoms with van der Waals surface area (Å²) in [5, 5.41) is 9.39. The highest BCUT2D eigenvalue weighted by Gasteiger charge is 2.28. The number of rotatable bonds is 11. The van der Waals surface area contributed by atoms with Gasteiger partial charge in [0.2, 0.25) is 5.91 Å². The Bertz CT molecular complexity index is 1180. The number of nitrogens with two attached hydrogens (primary N) is 1. The van der Waals surface area contributed by atoms with Crippen LogP contribution in [-0.4, -0.2) is 42.8 Å². The molecule has 0 bridgehead atoms. The number of amides is 2. The van der Waals surface area contributed by atoms with Crippen LogP contribution in [0.1, 0.15) is 39.5 Å². The van der Waals surface area contributed by atoms with Crippen molar-refractivity contribution in [3.63, 3.8) is 0 Å². The number of fused-ring (bicyclic) bond motifs is 1. The van der Waals surface area contributed by atoms with Crippen LogP contribution in [0.3, 0.4) is 0 Å². The van der Waals surface area contributed by atoms with E-state index in [1.165, 1.54) is 0 Å². The van der Waals surface area contributed by atoms with Gasteiger partial charge in [-0.25, -0.2) is 0 Å². The molecule has 0 saturated carbocycles. The molecule has 194 valence electrons. The Morgan fingerprint density at radius 3 is 2.38 bits per heavy atom. The van der Waals surface area contributed by atoms with E-state index >= 15 is 0 Å². The number of para-hydroxylation sites is 1. The molecule has 8 heteroatoms. The minimum atomic E-state index is -0.750. The molecule has 0 aliphatic carbocycles. The molecule has 1 aliphatic heterocycles. The van der Waals surface area contributed by atoms with Crippen molar-refractivity contribution in [1.29, 1.82) is 0 Å². The van der Waals surface area contributed by atoms with Crippen LogP contribution in [0.2, 0.25) is 0 Å². The molecule has 2 amide bonds. The third-order valence-electron chi connectivity index (χ3n) is 6.39. The van der Waals surface area contributed by atoms with Gasteiger partial charge in [-0.15, -0.1) is 0 Å². The lowest BCUT2D eigenvalue weighted by Gasteiger charge is -2.29. The van der Waals surface area contributed by atoms with E-state index in [2.05, 4.69) is 28.6 Å². The van der Waals surface area contributed by atoms with Crippen LogP contribution in [-0.2, 0) is 17.8 Å². The fraction of sp³-hybridized carbons (Fsp3) is 0.310. The van der Waals surface area contributed by atoms with Crippen molar-refractivity contribution in [2.45, 2.75) is 37.5 Å². The van der Waals surface area contributed by atoms with Gasteiger partial charge < -0.3 is 26.4 Å². The molecule has 0 saturated heterocycles. The van der Waals surface area contributed by atoms with E-state index in [1.807, 2.05) is 72.8 Å². The van der Waals surface area contributed by atoms with Gasteiger partial charge in [0.1, 0.15) is 11.8 Å². The van der Waals surface area contributed by atoms with E-state index in [0.717, 1.165) is 23.1 Å². The smallest absolute Gasteiger partial charge is 0.255 e. The topological polar surface area (TPSA) is 105 Å². The van der Waals surface area contributed by atoms with Crippen molar-refractivity contribution in [2.75, 3.05) is 18.9 Å². The van der Waals surface area contributed by atoms with E-state index in [4.69, 9.17) is 10.5 Å². The molecular formula is C29H34N4O3S. The van der Waals surface area contributed by atoms with Crippen LogP contribution in [0, 0.1) is 0 Å². The van der Waals surface area contributed by atoms with E-state index in [0.29, 0.717) is 43.2 Å². The zero-order valence-corrected chi connectivity index (χ0v) is 21.6. The molecule has 1 aliphatic rings. The summed E-state index contributed by atoms with van der Waals surface area (Å²) in [6.45, 7) is 1.48. The van der Waals surface area contributed by atoms with Crippen molar-refractivity contribution in [1.82, 2.24) is 16.0 Å². The van der Waals surface area contributed by atoms with Gasteiger partial charge in [-0.2, -0.15) is 12.6 Å². The van der Waals surface area contributed by atoms with Gasteiger partial charge in [0.05, 0.1) is 12.2 Å². The molecular weight excluding hydrogens is 484 g/mol. The Morgan fingerprint density at radius 2 is 1.68 bits per heavy atom. The number of carbonyl (C=O) groups is 2. The SMILES string of the molecule is N[C@@H](CS)CNC1CCOc2c(C(=O)N[C@@H](Cc3ccccc3)C(=O)NCc3ccccc3)cccc21. The fourth-order valence-corrected chi connectivity index (χ4v) is 4.51. The molecule has 3 aromatic rings. The quantitative estimate of drug-likeness (QED) is 0.251. The Labute approximate surface area is 223 Å². The van der Waals surface area contributed by atoms with Crippen molar-refractivity contribution in [2.24, 2.45) is 5.73 Å². The van der Waals surface area contributed by atoms with Crippen LogP contribution in [0.25, 0.3) is 0 Å². The van der Waals surface area contributed by atoms with E-state index in [-0.39, 0.29) is 23.9 Å². The van der Waals surface area contributed by atoms with Gasteiger partial charge in [0, 0.05) is 49.3 Å². The Hall–Kier alpha value is -3.33. The maximum absolute atomic E-state index is 13.5. The summed E-state index contributed by atoms with van der Waals surface area (Å²) in [6.07, 6.45) is 1.14. The minimum absolute atomic E-state index is 0.0247. The molecule has 37 heavy (non-hydrogen) atoms. The molecule has 7 nitrogen and oxygen atoms in total. The summed E-state index contributed by atoms with van der Waals surface area (Å²) in [6, 6.07) is 24.1. The van der Waals surface area contributed by atoms with E-state index in [9.17, 15) is 9.59 Å². The van der Waals surface area contributed by atoms with Gasteiger partial charge in [-0.05, 0) is 17.2 Å². The number of nitrogens with one attached hydrogen (secondary N) is 3. The van der Waals surface area contributed by atoms with Gasteiger partial charge in [0.15, 0.2) is 0 Å². The molecule has 0 fully saturated rings. The Morgan fingerprint density at radius 1 is 0.973 bits per heavy atom. The highest BCUT2D eigenvalue weighted by molar-refractivity contribution is 7.80. The molecule has 3 atom stereocenters. The minimum Gasteiger partial charge on any atom is -0.492 e. The zero-order valence-electron chi connectivity index (χ0n) is 20.7. The van der Waals surface area contributed by atoms with Gasteiger partial charge in [-0.3, -0.25) is 9.59 Å². The van der Waals surface area contributed by atoms with Gasteiger partial charge >= 0.3 is 0 Å². The third kappa shape index (κ3) is 7.35. The first-order valence-corrected chi connectivity index (χ1v) is 13.2. The highest BCUT2D eigenvalue weighted by Crippen LogP contribution is 2.35. The molecule has 5 N–H and O–H groups in total. The molecule has 4 rings (SSSR count). The van der Waals surface area contributed by atoms with Crippen LogP contribution in [0.4, 0.5) is 0 Å². The maximum atomic E-state index is 13.5. The van der Waals surface area contributed by atoms with Crippen molar-refractivity contribution in [3.8, 4) is 5.75 Å². The van der Waals surface area contributed by atoms with Crippen LogP contribution >= 0.6 is 12.6 Å². The predicted octanol–water partition coefficient (Wildman–Crippen LogP) is 3.01. The average molecular weight is 519 g/mol. The van der Waals surface area contributed by atoms with Crippen molar-refractivity contribution in [3.05, 3.63) is 101 Å². The summed E-state index contributed by atoms with van der Waals surface area (Å²) in [5.41, 5.74) is 9.30. The first-order chi connectivity index (χ1) is 18.0. The lowest BCUT2D eigenvalue weighted by atomic mass is 9.96. The summed E-state index contributed by atoms with van der Waals surface area (Å²) in [4.78, 5) is 26.7. The second kappa shape index (κ2) is 13.3. The third-order valence-corrected chi connectivity index (χ3v) is 6.86. The summed E-state index contributed by atoms with van der Waals surface area (Å²) in [7, 11) is 0. The fourth-order valence-electron chi connectivity index (χ4n) is 4.38. The van der Waals surface area contributed by atoms with E-state index < -0.39 is 6.04 Å². The van der Waals surface area contributed by atoms with Crippen LogP contribution in [0.5, 0.6) is 5.75 Å². The predicted molar refractivity (Wildman–Crippen MR) is 149 cm³/mol. The average Bonchev–Trinajstić information content (AvgIpc) is 2.94. The monoisotopic (exact) mass is 518 g/mol. The second-order valence-electron chi connectivity index (χ2n) is 9.18. The summed E-state index contributed by atoms with van der Waals surface area (Å²) in [5.74, 6) is 0.541. The molecule has 3 aromatic carbocycles. The standard InChI is InChI=1S/C29H34N4O3S/c30-22(19-37)18-31-25-14-15-36-27-23(25)12-7-13-24(27)28(34)33-26(16-20-8-3-1-4-9-20)29(35)32-17-21-10-5-2-6-11-21/h1-13,22,25-26,31,37H,14-19,30H2,(H,32,35)(H,33,34)/t22-,25?,26+/m1/s1. The lowest BCUT2D eigenvalue weighted by molar-refractivity contribution is -0.123. The normalized spacial score (nSPS) is 16.1. The van der Waals surface area contributed by atoms with E-state index in [1.54, 1.807) is 6.07 Å². The van der Waals surface area contributed by atoms with Gasteiger partial charge in [0.25, 0.3) is 5.91 Å². The van der Waals surface area contributed by atoms with Gasteiger partial charge in [-0.1, -0.05) is 72.8 Å². The molecule has 0 radical (unpaired) electrons. The largest absolute Gasteiger partial charge is 0.492 e. The summed E-state index contributed by atoms with van der Waals surface area (Å²) < 4.78 is 5.96. The van der Waals surface area contributed by atoms with Crippen LogP contribution in [0.15, 0.2) is 78.9 Å². The summed E-state index contributed by atoms with van der Waals surface area (Å²) >= 11 is 4.26. The van der Waals surface area contributed by atoms with Crippen LogP contribution < -0.4 is 26.4 Å². The molecule has 0 spiro atoms. The number of hydrogen-bond donors (Lipinski definition) is 5. The lowest BCUT2D eigenvalue weighted by Crippen LogP contribution is -2.48. The van der Waals surface area contributed by atoms with Crippen molar-refractivity contribution >= 4 is 24.4 Å². The Kier molecular flexibility index (Phi) is 9.59. The van der Waals surface area contributed by atoms with Crippen molar-refractivity contribution < 1.29 is 14.3 Å².